The van der Waals surface area contributed by atoms with Crippen molar-refractivity contribution >= 4 is 23.2 Å². The highest BCUT2D eigenvalue weighted by Crippen LogP contribution is 2.72. The molecule has 3 heteroatoms. The first-order valence-corrected chi connectivity index (χ1v) is 9.15. The summed E-state index contributed by atoms with van der Waals surface area (Å²) < 4.78 is 0. The van der Waals surface area contributed by atoms with Crippen LogP contribution in [0, 0.1) is 29.6 Å². The van der Waals surface area contributed by atoms with Gasteiger partial charge < -0.3 is 5.32 Å². The lowest BCUT2D eigenvalue weighted by Gasteiger charge is -2.23. The van der Waals surface area contributed by atoms with Crippen LogP contribution in [0.2, 0.25) is 10.0 Å². The molecule has 3 saturated carbocycles. The average molecular weight is 324 g/mol. The molecule has 21 heavy (non-hydrogen) atoms. The molecule has 0 aliphatic heterocycles. The fourth-order valence-electron chi connectivity index (χ4n) is 5.35. The summed E-state index contributed by atoms with van der Waals surface area (Å²) >= 11 is 12.8. The Balaban J connectivity index is 1.62. The van der Waals surface area contributed by atoms with Crippen LogP contribution in [0.1, 0.15) is 44.2 Å². The number of hydrogen-bond donors (Lipinski definition) is 1. The third-order valence-corrected chi connectivity index (χ3v) is 6.94. The molecule has 1 nitrogen and oxygen atoms in total. The molecule has 3 aliphatic carbocycles. The van der Waals surface area contributed by atoms with Crippen molar-refractivity contribution in [2.45, 2.75) is 38.6 Å². The van der Waals surface area contributed by atoms with Gasteiger partial charge in [-0.1, -0.05) is 42.3 Å². The zero-order valence-corrected chi connectivity index (χ0v) is 14.0. The van der Waals surface area contributed by atoms with Crippen LogP contribution in [0.4, 0.5) is 0 Å². The third kappa shape index (κ3) is 2.24. The molecule has 0 spiro atoms. The average Bonchev–Trinajstić information content (AvgIpc) is 2.90. The second kappa shape index (κ2) is 5.44. The highest BCUT2D eigenvalue weighted by atomic mass is 35.5. The first-order valence-electron chi connectivity index (χ1n) is 8.39. The number of rotatable bonds is 5. The van der Waals surface area contributed by atoms with Crippen LogP contribution in [0.3, 0.4) is 0 Å². The molecule has 0 heterocycles. The maximum absolute atomic E-state index is 6.51. The standard InChI is InChI=1S/C18H23Cl2N/c1-2-8-21-18(12-4-3-5-13(19)17(12)20)16-14-10-6-7-11(9-10)15(14)16/h3-5,10-11,14-16,18,21H,2,6-9H2,1H3. The molecular formula is C18H23Cl2N. The van der Waals surface area contributed by atoms with E-state index in [1.165, 1.54) is 24.8 Å². The van der Waals surface area contributed by atoms with Gasteiger partial charge in [0.15, 0.2) is 0 Å². The van der Waals surface area contributed by atoms with E-state index < -0.39 is 0 Å². The number of benzene rings is 1. The topological polar surface area (TPSA) is 12.0 Å². The third-order valence-electron chi connectivity index (χ3n) is 6.11. The van der Waals surface area contributed by atoms with Gasteiger partial charge in [-0.15, -0.1) is 0 Å². The summed E-state index contributed by atoms with van der Waals surface area (Å²) in [7, 11) is 0. The largest absolute Gasteiger partial charge is 0.310 e. The molecule has 114 valence electrons. The predicted molar refractivity (Wildman–Crippen MR) is 88.8 cm³/mol. The second-order valence-corrected chi connectivity index (χ2v) is 7.93. The fourth-order valence-corrected chi connectivity index (χ4v) is 5.78. The van der Waals surface area contributed by atoms with Crippen LogP contribution < -0.4 is 5.32 Å². The van der Waals surface area contributed by atoms with E-state index in [9.17, 15) is 0 Å². The van der Waals surface area contributed by atoms with E-state index in [4.69, 9.17) is 23.2 Å². The Bertz CT molecular complexity index is 528. The van der Waals surface area contributed by atoms with Gasteiger partial charge in [-0.3, -0.25) is 0 Å². The lowest BCUT2D eigenvalue weighted by atomic mass is 9.92. The van der Waals surface area contributed by atoms with Gasteiger partial charge >= 0.3 is 0 Å². The smallest absolute Gasteiger partial charge is 0.0640 e. The van der Waals surface area contributed by atoms with Crippen molar-refractivity contribution in [1.82, 2.24) is 5.32 Å². The van der Waals surface area contributed by atoms with Crippen LogP contribution in [0.25, 0.3) is 0 Å². The molecule has 1 aromatic carbocycles. The van der Waals surface area contributed by atoms with Crippen LogP contribution >= 0.6 is 23.2 Å². The van der Waals surface area contributed by atoms with E-state index in [0.29, 0.717) is 11.1 Å². The highest BCUT2D eigenvalue weighted by Gasteiger charge is 2.66. The first-order chi connectivity index (χ1) is 10.2. The van der Waals surface area contributed by atoms with Gasteiger partial charge in [0.25, 0.3) is 0 Å². The van der Waals surface area contributed by atoms with E-state index in [1.54, 1.807) is 0 Å². The Hall–Kier alpha value is -0.240. The van der Waals surface area contributed by atoms with Crippen molar-refractivity contribution in [3.05, 3.63) is 33.8 Å². The van der Waals surface area contributed by atoms with Gasteiger partial charge in [-0.05, 0) is 73.4 Å². The summed E-state index contributed by atoms with van der Waals surface area (Å²) in [5.41, 5.74) is 1.22. The lowest BCUT2D eigenvalue weighted by molar-refractivity contribution is 0.370. The first kappa shape index (κ1) is 14.4. The molecule has 3 aliphatic rings. The Morgan fingerprint density at radius 1 is 1.19 bits per heavy atom. The second-order valence-electron chi connectivity index (χ2n) is 7.14. The van der Waals surface area contributed by atoms with Gasteiger partial charge in [-0.2, -0.15) is 0 Å². The lowest BCUT2D eigenvalue weighted by Crippen LogP contribution is -2.26. The maximum Gasteiger partial charge on any atom is 0.0640 e. The van der Waals surface area contributed by atoms with Crippen molar-refractivity contribution in [2.75, 3.05) is 6.54 Å². The van der Waals surface area contributed by atoms with Crippen molar-refractivity contribution in [3.8, 4) is 0 Å². The Kier molecular flexibility index (Phi) is 3.72. The zero-order valence-electron chi connectivity index (χ0n) is 12.5. The summed E-state index contributed by atoms with van der Waals surface area (Å²) in [5.74, 6) is 4.68. The van der Waals surface area contributed by atoms with E-state index in [1.807, 2.05) is 12.1 Å². The number of halogens is 2. The van der Waals surface area contributed by atoms with Gasteiger partial charge in [0.1, 0.15) is 0 Å². The summed E-state index contributed by atoms with van der Waals surface area (Å²) in [6, 6.07) is 6.49. The molecule has 5 unspecified atom stereocenters. The Morgan fingerprint density at radius 2 is 1.90 bits per heavy atom. The van der Waals surface area contributed by atoms with Crippen LogP contribution in [0.5, 0.6) is 0 Å². The summed E-state index contributed by atoms with van der Waals surface area (Å²) in [5, 5.41) is 5.21. The molecule has 5 atom stereocenters. The monoisotopic (exact) mass is 323 g/mol. The van der Waals surface area contributed by atoms with Crippen LogP contribution in [0.15, 0.2) is 18.2 Å². The molecule has 1 aromatic rings. The van der Waals surface area contributed by atoms with Crippen LogP contribution in [-0.4, -0.2) is 6.54 Å². The summed E-state index contributed by atoms with van der Waals surface area (Å²) in [4.78, 5) is 0. The maximum atomic E-state index is 6.51. The normalized spacial score (nSPS) is 37.6. The van der Waals surface area contributed by atoms with Crippen molar-refractivity contribution in [1.29, 1.82) is 0 Å². The van der Waals surface area contributed by atoms with E-state index in [0.717, 1.165) is 47.6 Å². The van der Waals surface area contributed by atoms with Gasteiger partial charge in [0.05, 0.1) is 10.0 Å². The molecule has 0 amide bonds. The summed E-state index contributed by atoms with van der Waals surface area (Å²) in [6.45, 7) is 3.28. The Morgan fingerprint density at radius 3 is 2.57 bits per heavy atom. The van der Waals surface area contributed by atoms with E-state index >= 15 is 0 Å². The minimum Gasteiger partial charge on any atom is -0.310 e. The van der Waals surface area contributed by atoms with Crippen molar-refractivity contribution < 1.29 is 0 Å². The molecule has 0 aromatic heterocycles. The SMILES string of the molecule is CCCNC(c1cccc(Cl)c1Cl)C1C2C3CCC(C3)C21. The van der Waals surface area contributed by atoms with Crippen molar-refractivity contribution in [2.24, 2.45) is 29.6 Å². The predicted octanol–water partition coefficient (Wildman–Crippen LogP) is 5.33. The summed E-state index contributed by atoms with van der Waals surface area (Å²) in [6.07, 6.45) is 5.58. The van der Waals surface area contributed by atoms with E-state index in [2.05, 4.69) is 18.3 Å². The van der Waals surface area contributed by atoms with E-state index in [-0.39, 0.29) is 0 Å². The highest BCUT2D eigenvalue weighted by molar-refractivity contribution is 6.42. The molecule has 2 bridgehead atoms. The molecule has 0 saturated heterocycles. The van der Waals surface area contributed by atoms with Crippen LogP contribution in [-0.2, 0) is 0 Å². The molecule has 1 N–H and O–H groups in total. The molecule has 4 rings (SSSR count). The van der Waals surface area contributed by atoms with Gasteiger partial charge in [-0.25, -0.2) is 0 Å². The molecule has 0 radical (unpaired) electrons. The fraction of sp³-hybridized carbons (Fsp3) is 0.667. The quantitative estimate of drug-likeness (QED) is 0.772. The Labute approximate surface area is 137 Å². The van der Waals surface area contributed by atoms with Crippen molar-refractivity contribution in [3.63, 3.8) is 0 Å². The number of hydrogen-bond acceptors (Lipinski definition) is 1. The number of fused-ring (bicyclic) bond motifs is 5. The molecular weight excluding hydrogens is 301 g/mol. The minimum absolute atomic E-state index is 0.398. The van der Waals surface area contributed by atoms with Gasteiger partial charge in [0, 0.05) is 6.04 Å². The zero-order chi connectivity index (χ0) is 14.6. The molecule has 3 fully saturated rings. The minimum atomic E-state index is 0.398. The van der Waals surface area contributed by atoms with Gasteiger partial charge in [0.2, 0.25) is 0 Å². The number of nitrogens with one attached hydrogen (secondary N) is 1.